The van der Waals surface area contributed by atoms with Crippen LogP contribution in [0.15, 0.2) is 34.7 Å². The molecule has 0 saturated heterocycles. The summed E-state index contributed by atoms with van der Waals surface area (Å²) in [6, 6.07) is 9.48. The number of furan rings is 1. The van der Waals surface area contributed by atoms with Crippen molar-refractivity contribution in [3.8, 4) is 11.5 Å². The summed E-state index contributed by atoms with van der Waals surface area (Å²) in [6.07, 6.45) is 0.892. The first-order chi connectivity index (χ1) is 9.94. The second-order valence-electron chi connectivity index (χ2n) is 6.15. The Kier molecular flexibility index (Phi) is 3.41. The van der Waals surface area contributed by atoms with Crippen molar-refractivity contribution in [1.29, 1.82) is 0 Å². The Morgan fingerprint density at radius 2 is 2.10 bits per heavy atom. The maximum atomic E-state index is 6.10. The summed E-state index contributed by atoms with van der Waals surface area (Å²) in [4.78, 5) is 0. The van der Waals surface area contributed by atoms with E-state index in [-0.39, 0.29) is 11.6 Å². The molecule has 3 rings (SSSR count). The molecule has 2 aromatic rings. The highest BCUT2D eigenvalue weighted by atomic mass is 16.5. The molecule has 1 unspecified atom stereocenters. The van der Waals surface area contributed by atoms with Crippen LogP contribution in [0.2, 0.25) is 0 Å². The maximum Gasteiger partial charge on any atom is 0.165 e. The third kappa shape index (κ3) is 2.90. The fraction of sp³-hybridized carbons (Fsp3) is 0.412. The van der Waals surface area contributed by atoms with Gasteiger partial charge in [-0.25, -0.2) is 0 Å². The summed E-state index contributed by atoms with van der Waals surface area (Å²) < 4.78 is 17.4. The van der Waals surface area contributed by atoms with Crippen molar-refractivity contribution in [2.75, 3.05) is 6.61 Å². The van der Waals surface area contributed by atoms with Crippen LogP contribution in [0.4, 0.5) is 0 Å². The van der Waals surface area contributed by atoms with Gasteiger partial charge in [-0.3, -0.25) is 0 Å². The normalized spacial score (nSPS) is 17.1. The van der Waals surface area contributed by atoms with E-state index in [9.17, 15) is 0 Å². The average molecular weight is 287 g/mol. The number of ether oxygens (including phenoxy) is 2. The lowest BCUT2D eigenvalue weighted by Crippen LogP contribution is -2.25. The number of hydrogen-bond donors (Lipinski definition) is 1. The van der Waals surface area contributed by atoms with E-state index < -0.39 is 0 Å². The van der Waals surface area contributed by atoms with Crippen LogP contribution in [0, 0.1) is 6.92 Å². The van der Waals surface area contributed by atoms with Gasteiger partial charge in [-0.2, -0.15) is 0 Å². The first-order valence-electron chi connectivity index (χ1n) is 7.20. The number of nitrogens with two attached hydrogens (primary N) is 1. The third-order valence-electron chi connectivity index (χ3n) is 3.60. The van der Waals surface area contributed by atoms with Gasteiger partial charge in [0.15, 0.2) is 11.5 Å². The molecule has 2 N–H and O–H groups in total. The van der Waals surface area contributed by atoms with Gasteiger partial charge in [-0.15, -0.1) is 0 Å². The Labute approximate surface area is 124 Å². The van der Waals surface area contributed by atoms with Crippen LogP contribution in [0.1, 0.15) is 37.0 Å². The molecular weight excluding hydrogens is 266 g/mol. The van der Waals surface area contributed by atoms with Crippen molar-refractivity contribution in [3.63, 3.8) is 0 Å². The maximum absolute atomic E-state index is 6.10. The van der Waals surface area contributed by atoms with Crippen molar-refractivity contribution in [2.45, 2.75) is 38.8 Å². The van der Waals surface area contributed by atoms with Gasteiger partial charge in [-0.05, 0) is 39.0 Å². The predicted molar refractivity (Wildman–Crippen MR) is 80.7 cm³/mol. The summed E-state index contributed by atoms with van der Waals surface area (Å²) in [5, 5.41) is 0. The fourth-order valence-electron chi connectivity index (χ4n) is 2.62. The standard InChI is InChI=1S/C17H21NO3/c1-11-7-8-14(20-11)13(18)10-19-15-6-4-5-12-9-17(2,3)21-16(12)15/h4-8,13H,9-10,18H2,1-3H3. The lowest BCUT2D eigenvalue weighted by Gasteiger charge is -2.18. The Balaban J connectivity index is 1.71. The molecule has 0 amide bonds. The smallest absolute Gasteiger partial charge is 0.165 e. The first-order valence-corrected chi connectivity index (χ1v) is 7.20. The van der Waals surface area contributed by atoms with Crippen LogP contribution in [-0.2, 0) is 6.42 Å². The lowest BCUT2D eigenvalue weighted by molar-refractivity contribution is 0.131. The van der Waals surface area contributed by atoms with E-state index in [0.717, 1.165) is 29.4 Å². The highest BCUT2D eigenvalue weighted by Gasteiger charge is 2.32. The molecule has 21 heavy (non-hydrogen) atoms. The second-order valence-corrected chi connectivity index (χ2v) is 6.15. The Bertz CT molecular complexity index is 645. The van der Waals surface area contributed by atoms with Gasteiger partial charge < -0.3 is 19.6 Å². The van der Waals surface area contributed by atoms with Crippen LogP contribution in [-0.4, -0.2) is 12.2 Å². The van der Waals surface area contributed by atoms with E-state index in [1.165, 1.54) is 5.56 Å². The van der Waals surface area contributed by atoms with Crippen molar-refractivity contribution in [1.82, 2.24) is 0 Å². The molecule has 0 radical (unpaired) electrons. The minimum atomic E-state index is -0.288. The summed E-state index contributed by atoms with van der Waals surface area (Å²) >= 11 is 0. The number of rotatable bonds is 4. The predicted octanol–water partition coefficient (Wildman–Crippen LogP) is 3.38. The van der Waals surface area contributed by atoms with Crippen LogP contribution in [0.3, 0.4) is 0 Å². The fourth-order valence-corrected chi connectivity index (χ4v) is 2.62. The number of hydrogen-bond acceptors (Lipinski definition) is 4. The monoisotopic (exact) mass is 287 g/mol. The van der Waals surface area contributed by atoms with Crippen molar-refractivity contribution >= 4 is 0 Å². The summed E-state index contributed by atoms with van der Waals surface area (Å²) in [7, 11) is 0. The topological polar surface area (TPSA) is 57.6 Å². The van der Waals surface area contributed by atoms with E-state index in [1.54, 1.807) is 0 Å². The Hall–Kier alpha value is -1.94. The highest BCUT2D eigenvalue weighted by molar-refractivity contribution is 5.50. The highest BCUT2D eigenvalue weighted by Crippen LogP contribution is 2.41. The van der Waals surface area contributed by atoms with Crippen LogP contribution < -0.4 is 15.2 Å². The van der Waals surface area contributed by atoms with Crippen LogP contribution in [0.5, 0.6) is 11.5 Å². The minimum Gasteiger partial charge on any atom is -0.488 e. The largest absolute Gasteiger partial charge is 0.488 e. The van der Waals surface area contributed by atoms with Gasteiger partial charge in [0.25, 0.3) is 0 Å². The first kappa shape index (κ1) is 14.0. The van der Waals surface area contributed by atoms with E-state index in [2.05, 4.69) is 19.9 Å². The number of fused-ring (bicyclic) bond motifs is 1. The minimum absolute atomic E-state index is 0.179. The molecule has 0 spiro atoms. The zero-order chi connectivity index (χ0) is 15.0. The zero-order valence-corrected chi connectivity index (χ0v) is 12.7. The molecule has 0 fully saturated rings. The molecular formula is C17H21NO3. The average Bonchev–Trinajstić information content (AvgIpc) is 2.97. The molecule has 1 atom stereocenters. The Morgan fingerprint density at radius 1 is 1.29 bits per heavy atom. The van der Waals surface area contributed by atoms with Crippen LogP contribution >= 0.6 is 0 Å². The van der Waals surface area contributed by atoms with Crippen LogP contribution in [0.25, 0.3) is 0 Å². The zero-order valence-electron chi connectivity index (χ0n) is 12.7. The molecule has 1 aliphatic rings. The van der Waals surface area contributed by atoms with Gasteiger partial charge in [0, 0.05) is 12.0 Å². The van der Waals surface area contributed by atoms with E-state index in [1.807, 2.05) is 31.2 Å². The van der Waals surface area contributed by atoms with Gasteiger partial charge >= 0.3 is 0 Å². The molecule has 4 nitrogen and oxygen atoms in total. The molecule has 0 bridgehead atoms. The third-order valence-corrected chi connectivity index (χ3v) is 3.60. The Morgan fingerprint density at radius 3 is 2.81 bits per heavy atom. The second kappa shape index (κ2) is 5.11. The van der Waals surface area contributed by atoms with E-state index in [4.69, 9.17) is 19.6 Å². The van der Waals surface area contributed by atoms with E-state index >= 15 is 0 Å². The molecule has 1 aliphatic heterocycles. The molecule has 112 valence electrons. The molecule has 4 heteroatoms. The summed E-state index contributed by atoms with van der Waals surface area (Å²) in [5.74, 6) is 3.18. The molecule has 0 aliphatic carbocycles. The van der Waals surface area contributed by atoms with Crippen molar-refractivity contribution < 1.29 is 13.9 Å². The molecule has 2 heterocycles. The lowest BCUT2D eigenvalue weighted by atomic mass is 10.0. The molecule has 0 saturated carbocycles. The number of benzene rings is 1. The quantitative estimate of drug-likeness (QED) is 0.936. The van der Waals surface area contributed by atoms with Crippen molar-refractivity contribution in [3.05, 3.63) is 47.4 Å². The van der Waals surface area contributed by atoms with Gasteiger partial charge in [0.2, 0.25) is 0 Å². The van der Waals surface area contributed by atoms with Gasteiger partial charge in [-0.1, -0.05) is 12.1 Å². The molecule has 1 aromatic carbocycles. The summed E-state index contributed by atoms with van der Waals surface area (Å²) in [5.41, 5.74) is 7.10. The van der Waals surface area contributed by atoms with Gasteiger partial charge in [0.05, 0.1) is 6.04 Å². The number of aryl methyl sites for hydroxylation is 1. The van der Waals surface area contributed by atoms with E-state index in [0.29, 0.717) is 6.61 Å². The van der Waals surface area contributed by atoms with Gasteiger partial charge in [0.1, 0.15) is 23.7 Å². The summed E-state index contributed by atoms with van der Waals surface area (Å²) in [6.45, 7) is 6.41. The SMILES string of the molecule is Cc1ccc(C(N)COc2cccc3c2OC(C)(C)C3)o1. The molecule has 1 aromatic heterocycles. The number of para-hydroxylation sites is 1. The van der Waals surface area contributed by atoms with Crippen molar-refractivity contribution in [2.24, 2.45) is 5.73 Å².